The molecule has 0 saturated carbocycles. The van der Waals surface area contributed by atoms with E-state index in [1.165, 1.54) is 0 Å². The summed E-state index contributed by atoms with van der Waals surface area (Å²) in [4.78, 5) is 6.51. The molecule has 2 heterocycles. The quantitative estimate of drug-likeness (QED) is 0.856. The first-order valence-corrected chi connectivity index (χ1v) is 6.28. The number of anilines is 2. The van der Waals surface area contributed by atoms with Crippen molar-refractivity contribution < 1.29 is 9.47 Å². The molecule has 1 aromatic rings. The Morgan fingerprint density at radius 2 is 1.94 bits per heavy atom. The molecule has 1 fully saturated rings. The highest BCUT2D eigenvalue weighted by Crippen LogP contribution is 2.24. The highest BCUT2D eigenvalue weighted by Gasteiger charge is 2.33. The zero-order valence-corrected chi connectivity index (χ0v) is 11.2. The molecule has 1 saturated heterocycles. The van der Waals surface area contributed by atoms with E-state index in [4.69, 9.17) is 9.47 Å². The van der Waals surface area contributed by atoms with Crippen molar-refractivity contribution in [2.24, 2.45) is 0 Å². The number of aromatic nitrogens is 1. The monoisotopic (exact) mass is 251 g/mol. The third-order valence-electron chi connectivity index (χ3n) is 3.29. The zero-order valence-electron chi connectivity index (χ0n) is 11.2. The van der Waals surface area contributed by atoms with Crippen LogP contribution in [0.2, 0.25) is 0 Å². The van der Waals surface area contributed by atoms with Crippen LogP contribution in [0.15, 0.2) is 18.5 Å². The van der Waals surface area contributed by atoms with Gasteiger partial charge in [-0.15, -0.1) is 0 Å². The van der Waals surface area contributed by atoms with E-state index in [2.05, 4.69) is 28.2 Å². The van der Waals surface area contributed by atoms with Crippen molar-refractivity contribution in [3.8, 4) is 0 Å². The number of pyridine rings is 1. The summed E-state index contributed by atoms with van der Waals surface area (Å²) in [5.41, 5.74) is 2.15. The number of hydrogen-bond donors (Lipinski definition) is 1. The Kier molecular flexibility index (Phi) is 4.38. The van der Waals surface area contributed by atoms with Crippen LogP contribution in [0.4, 0.5) is 11.4 Å². The normalized spacial score (nSPS) is 23.4. The molecule has 1 aromatic heterocycles. The number of nitrogens with zero attached hydrogens (tertiary/aromatic N) is 2. The van der Waals surface area contributed by atoms with Crippen LogP contribution >= 0.6 is 0 Å². The predicted molar refractivity (Wildman–Crippen MR) is 72.2 cm³/mol. The third kappa shape index (κ3) is 2.73. The molecule has 0 aliphatic carbocycles. The van der Waals surface area contributed by atoms with Crippen molar-refractivity contribution in [1.29, 1.82) is 0 Å². The van der Waals surface area contributed by atoms with E-state index >= 15 is 0 Å². The van der Waals surface area contributed by atoms with Crippen molar-refractivity contribution in [2.45, 2.75) is 19.1 Å². The molecule has 2 rings (SSSR count). The van der Waals surface area contributed by atoms with Crippen molar-refractivity contribution in [1.82, 2.24) is 4.98 Å². The number of rotatable bonds is 5. The second-order valence-corrected chi connectivity index (χ2v) is 4.42. The summed E-state index contributed by atoms with van der Waals surface area (Å²) in [5, 5.41) is 3.27. The number of hydrogen-bond acceptors (Lipinski definition) is 5. The maximum absolute atomic E-state index is 5.44. The lowest BCUT2D eigenvalue weighted by Crippen LogP contribution is -2.27. The second kappa shape index (κ2) is 6.02. The van der Waals surface area contributed by atoms with Gasteiger partial charge in [0.2, 0.25) is 0 Å². The zero-order chi connectivity index (χ0) is 13.0. The van der Waals surface area contributed by atoms with Gasteiger partial charge in [-0.1, -0.05) is 0 Å². The minimum Gasteiger partial charge on any atom is -0.384 e. The van der Waals surface area contributed by atoms with Crippen molar-refractivity contribution in [2.75, 3.05) is 44.1 Å². The van der Waals surface area contributed by atoms with Crippen LogP contribution in [0, 0.1) is 0 Å². The van der Waals surface area contributed by atoms with Crippen molar-refractivity contribution >= 4 is 11.4 Å². The summed E-state index contributed by atoms with van der Waals surface area (Å²) in [6.45, 7) is 4.65. The van der Waals surface area contributed by atoms with Gasteiger partial charge in [0.25, 0.3) is 0 Å². The lowest BCUT2D eigenvalue weighted by Gasteiger charge is -2.18. The average molecular weight is 251 g/mol. The van der Waals surface area contributed by atoms with Gasteiger partial charge >= 0.3 is 0 Å². The lowest BCUT2D eigenvalue weighted by atomic mass is 10.3. The van der Waals surface area contributed by atoms with Gasteiger partial charge in [-0.05, 0) is 13.0 Å². The molecule has 100 valence electrons. The topological polar surface area (TPSA) is 46.6 Å². The Morgan fingerprint density at radius 3 is 2.50 bits per heavy atom. The molecule has 1 N–H and O–H groups in total. The molecule has 0 bridgehead atoms. The number of nitrogens with one attached hydrogen (secondary N) is 1. The van der Waals surface area contributed by atoms with Gasteiger partial charge in [0.15, 0.2) is 0 Å². The Hall–Kier alpha value is -1.33. The molecule has 5 heteroatoms. The maximum atomic E-state index is 5.44. The van der Waals surface area contributed by atoms with Gasteiger partial charge in [0.05, 0.1) is 23.8 Å². The first-order chi connectivity index (χ1) is 8.78. The van der Waals surface area contributed by atoms with Gasteiger partial charge in [0, 0.05) is 33.9 Å². The summed E-state index contributed by atoms with van der Waals surface area (Å²) >= 11 is 0. The van der Waals surface area contributed by atoms with Crippen LogP contribution in [-0.2, 0) is 9.47 Å². The second-order valence-electron chi connectivity index (χ2n) is 4.42. The van der Waals surface area contributed by atoms with Crippen LogP contribution in [0.5, 0.6) is 0 Å². The summed E-state index contributed by atoms with van der Waals surface area (Å²) in [5.74, 6) is 0. The molecular formula is C13H21N3O2. The lowest BCUT2D eigenvalue weighted by molar-refractivity contribution is -0.00461. The average Bonchev–Trinajstić information content (AvgIpc) is 2.82. The molecule has 5 nitrogen and oxygen atoms in total. The summed E-state index contributed by atoms with van der Waals surface area (Å²) in [6.07, 6.45) is 3.96. The Bertz CT molecular complexity index is 374. The largest absolute Gasteiger partial charge is 0.384 e. The van der Waals surface area contributed by atoms with Crippen LogP contribution in [0.1, 0.15) is 6.92 Å². The van der Waals surface area contributed by atoms with Gasteiger partial charge < -0.3 is 19.7 Å². The van der Waals surface area contributed by atoms with E-state index < -0.39 is 0 Å². The van der Waals surface area contributed by atoms with Crippen LogP contribution in [0.3, 0.4) is 0 Å². The molecule has 18 heavy (non-hydrogen) atoms. The molecule has 1 aliphatic heterocycles. The third-order valence-corrected chi connectivity index (χ3v) is 3.29. The molecular weight excluding hydrogens is 230 g/mol. The van der Waals surface area contributed by atoms with E-state index in [-0.39, 0.29) is 12.2 Å². The Morgan fingerprint density at radius 1 is 1.28 bits per heavy atom. The molecule has 0 aromatic carbocycles. The van der Waals surface area contributed by atoms with Crippen LogP contribution in [0.25, 0.3) is 0 Å². The molecule has 0 amide bonds. The molecule has 0 spiro atoms. The standard InChI is InChI=1S/C13H21N3O2/c1-4-15-10-5-11(7-14-6-10)16-8-12(17-2)13(9-16)18-3/h5-7,12-13,15H,4,8-9H2,1-3H3. The number of ether oxygens (including phenoxy) is 2. The fourth-order valence-corrected chi connectivity index (χ4v) is 2.31. The van der Waals surface area contributed by atoms with E-state index in [0.29, 0.717) is 0 Å². The predicted octanol–water partition coefficient (Wildman–Crippen LogP) is 1.36. The van der Waals surface area contributed by atoms with Crippen LogP contribution in [-0.4, -0.2) is 51.0 Å². The van der Waals surface area contributed by atoms with Gasteiger partial charge in [-0.3, -0.25) is 4.98 Å². The molecule has 2 atom stereocenters. The first kappa shape index (κ1) is 13.1. The molecule has 1 aliphatic rings. The highest BCUT2D eigenvalue weighted by molar-refractivity contribution is 5.56. The first-order valence-electron chi connectivity index (χ1n) is 6.28. The van der Waals surface area contributed by atoms with Gasteiger partial charge in [-0.25, -0.2) is 0 Å². The summed E-state index contributed by atoms with van der Waals surface area (Å²) in [7, 11) is 3.46. The fraction of sp³-hybridized carbons (Fsp3) is 0.615. The minimum absolute atomic E-state index is 0.123. The SMILES string of the molecule is CCNc1cncc(N2CC(OC)C(OC)C2)c1. The van der Waals surface area contributed by atoms with E-state index in [9.17, 15) is 0 Å². The maximum Gasteiger partial charge on any atom is 0.102 e. The van der Waals surface area contributed by atoms with E-state index in [1.807, 2.05) is 12.4 Å². The van der Waals surface area contributed by atoms with Crippen molar-refractivity contribution in [3.63, 3.8) is 0 Å². The fourth-order valence-electron chi connectivity index (χ4n) is 2.31. The Balaban J connectivity index is 2.10. The highest BCUT2D eigenvalue weighted by atomic mass is 16.5. The number of methoxy groups -OCH3 is 2. The van der Waals surface area contributed by atoms with Gasteiger partial charge in [0.1, 0.15) is 12.2 Å². The molecule has 2 unspecified atom stereocenters. The van der Waals surface area contributed by atoms with Crippen molar-refractivity contribution in [3.05, 3.63) is 18.5 Å². The van der Waals surface area contributed by atoms with E-state index in [1.54, 1.807) is 14.2 Å². The minimum atomic E-state index is 0.123. The Labute approximate surface area is 108 Å². The summed E-state index contributed by atoms with van der Waals surface area (Å²) < 4.78 is 10.9. The van der Waals surface area contributed by atoms with Crippen LogP contribution < -0.4 is 10.2 Å². The molecule has 0 radical (unpaired) electrons. The van der Waals surface area contributed by atoms with Gasteiger partial charge in [-0.2, -0.15) is 0 Å². The smallest absolute Gasteiger partial charge is 0.102 e. The van der Waals surface area contributed by atoms with E-state index in [0.717, 1.165) is 31.0 Å². The summed E-state index contributed by atoms with van der Waals surface area (Å²) in [6, 6.07) is 2.11.